The molecular weight excluding hydrogens is 388 g/mol. The van der Waals surface area contributed by atoms with Crippen LogP contribution in [-0.4, -0.2) is 50.8 Å². The number of nitrogens with zero attached hydrogens (tertiary/aromatic N) is 4. The van der Waals surface area contributed by atoms with Crippen LogP contribution in [0.2, 0.25) is 0 Å². The molecule has 0 bridgehead atoms. The van der Waals surface area contributed by atoms with Crippen LogP contribution in [-0.2, 0) is 6.42 Å². The van der Waals surface area contributed by atoms with Gasteiger partial charge in [0.15, 0.2) is 0 Å². The van der Waals surface area contributed by atoms with E-state index in [1.54, 1.807) is 11.1 Å². The molecule has 4 rings (SSSR count). The summed E-state index contributed by atoms with van der Waals surface area (Å²) in [5, 5.41) is 9.72. The Morgan fingerprint density at radius 1 is 1.38 bits per heavy atom. The number of thiocarbonyl (C=S) groups is 1. The zero-order chi connectivity index (χ0) is 20.4. The van der Waals surface area contributed by atoms with Crippen LogP contribution in [0.1, 0.15) is 27.6 Å². The number of hydrogen-bond donors (Lipinski definition) is 2. The average molecular weight is 408 g/mol. The lowest BCUT2D eigenvalue weighted by atomic mass is 10.1. The summed E-state index contributed by atoms with van der Waals surface area (Å²) in [6.45, 7) is 2.13. The molecule has 8 nitrogen and oxygen atoms in total. The zero-order valence-electron chi connectivity index (χ0n) is 16.0. The number of hydrogen-bond acceptors (Lipinski definition) is 6. The lowest BCUT2D eigenvalue weighted by molar-refractivity contribution is 0.0927. The number of pyridine rings is 1. The van der Waals surface area contributed by atoms with Crippen LogP contribution < -0.4 is 15.0 Å². The first-order valence-electron chi connectivity index (χ1n) is 9.14. The summed E-state index contributed by atoms with van der Waals surface area (Å²) in [6.07, 6.45) is 2.30. The fourth-order valence-corrected chi connectivity index (χ4v) is 3.30. The highest BCUT2D eigenvalue weighted by atomic mass is 32.1. The molecule has 2 aromatic heterocycles. The predicted octanol–water partition coefficient (Wildman–Crippen LogP) is 2.05. The van der Waals surface area contributed by atoms with Crippen molar-refractivity contribution >= 4 is 28.8 Å². The Hall–Kier alpha value is -3.33. The Morgan fingerprint density at radius 3 is 2.97 bits per heavy atom. The standard InChI is InChI=1S/C20H20N6O2S/c1-12-8-15-19(21-10-12)28-11-14(20(29)26(15)2)22-18(27)17-23-16(24-25-17)9-13-6-4-3-5-7-13/h3-8,10,14H,9,11H2,1-2H3,(H,22,27)(H,23,24,25)/t14-/m0/s1. The number of likely N-dealkylation sites (N-methyl/N-ethyl adjacent to an activating group) is 1. The summed E-state index contributed by atoms with van der Waals surface area (Å²) < 4.78 is 5.77. The van der Waals surface area contributed by atoms with Crippen LogP contribution in [0, 0.1) is 6.92 Å². The molecule has 148 valence electrons. The van der Waals surface area contributed by atoms with E-state index in [9.17, 15) is 4.79 Å². The number of carbonyl (C=O) groups is 1. The Labute approximate surface area is 173 Å². The summed E-state index contributed by atoms with van der Waals surface area (Å²) in [4.78, 5) is 23.6. The third-order valence-corrected chi connectivity index (χ3v) is 5.16. The van der Waals surface area contributed by atoms with Crippen molar-refractivity contribution in [2.24, 2.45) is 0 Å². The van der Waals surface area contributed by atoms with Crippen molar-refractivity contribution < 1.29 is 9.53 Å². The third kappa shape index (κ3) is 4.09. The van der Waals surface area contributed by atoms with Gasteiger partial charge in [-0.05, 0) is 24.1 Å². The monoisotopic (exact) mass is 408 g/mol. The van der Waals surface area contributed by atoms with Crippen LogP contribution in [0.15, 0.2) is 42.6 Å². The third-order valence-electron chi connectivity index (χ3n) is 4.60. The van der Waals surface area contributed by atoms with Crippen LogP contribution in [0.5, 0.6) is 5.88 Å². The van der Waals surface area contributed by atoms with E-state index >= 15 is 0 Å². The molecule has 3 aromatic rings. The fraction of sp³-hybridized carbons (Fsp3) is 0.250. The highest BCUT2D eigenvalue weighted by Gasteiger charge is 2.29. The van der Waals surface area contributed by atoms with Gasteiger partial charge in [-0.2, -0.15) is 0 Å². The molecule has 29 heavy (non-hydrogen) atoms. The predicted molar refractivity (Wildman–Crippen MR) is 112 cm³/mol. The Balaban J connectivity index is 1.45. The SMILES string of the molecule is Cc1cnc2c(c1)N(C)C(=S)[C@@H](NC(=O)c1n[nH]c(Cc3ccccc3)n1)CO2. The Morgan fingerprint density at radius 2 is 2.17 bits per heavy atom. The Kier molecular flexibility index (Phi) is 5.22. The van der Waals surface area contributed by atoms with Crippen LogP contribution in [0.4, 0.5) is 5.69 Å². The highest BCUT2D eigenvalue weighted by molar-refractivity contribution is 7.80. The van der Waals surface area contributed by atoms with Gasteiger partial charge in [0.1, 0.15) is 29.1 Å². The minimum absolute atomic E-state index is 0.0668. The summed E-state index contributed by atoms with van der Waals surface area (Å²) in [5.41, 5.74) is 2.85. The molecule has 1 aliphatic heterocycles. The van der Waals surface area contributed by atoms with Crippen molar-refractivity contribution in [3.8, 4) is 5.88 Å². The van der Waals surface area contributed by atoms with Gasteiger partial charge < -0.3 is 15.0 Å². The normalized spacial score (nSPS) is 16.0. The number of amides is 1. The molecule has 3 heterocycles. The summed E-state index contributed by atoms with van der Waals surface area (Å²) in [5.74, 6) is 0.752. The lowest BCUT2D eigenvalue weighted by Crippen LogP contribution is -2.48. The molecule has 1 amide bonds. The van der Waals surface area contributed by atoms with E-state index in [1.165, 1.54) is 0 Å². The van der Waals surface area contributed by atoms with Crippen molar-refractivity contribution in [1.29, 1.82) is 0 Å². The molecule has 0 unspecified atom stereocenters. The number of rotatable bonds is 4. The fourth-order valence-electron chi connectivity index (χ4n) is 3.07. The van der Waals surface area contributed by atoms with Gasteiger partial charge in [0.2, 0.25) is 11.7 Å². The minimum Gasteiger partial charge on any atom is -0.474 e. The van der Waals surface area contributed by atoms with E-state index in [0.717, 1.165) is 16.8 Å². The van der Waals surface area contributed by atoms with Gasteiger partial charge >= 0.3 is 0 Å². The second-order valence-electron chi connectivity index (χ2n) is 6.84. The van der Waals surface area contributed by atoms with E-state index in [0.29, 0.717) is 23.1 Å². The van der Waals surface area contributed by atoms with Gasteiger partial charge in [-0.1, -0.05) is 42.5 Å². The van der Waals surface area contributed by atoms with Gasteiger partial charge in [0.25, 0.3) is 5.91 Å². The van der Waals surface area contributed by atoms with Gasteiger partial charge in [0, 0.05) is 19.7 Å². The number of fused-ring (bicyclic) bond motifs is 1. The van der Waals surface area contributed by atoms with Crippen molar-refractivity contribution in [2.75, 3.05) is 18.6 Å². The maximum Gasteiger partial charge on any atom is 0.291 e. The van der Waals surface area contributed by atoms with Crippen molar-refractivity contribution in [3.05, 3.63) is 65.4 Å². The molecule has 1 aromatic carbocycles. The quantitative estimate of drug-likeness (QED) is 0.638. The average Bonchev–Trinajstić information content (AvgIpc) is 3.16. The largest absolute Gasteiger partial charge is 0.474 e. The topological polar surface area (TPSA) is 96.0 Å². The molecule has 9 heteroatoms. The zero-order valence-corrected chi connectivity index (χ0v) is 16.9. The van der Waals surface area contributed by atoms with Gasteiger partial charge in [-0.3, -0.25) is 9.89 Å². The number of aryl methyl sites for hydroxylation is 1. The molecule has 0 spiro atoms. The Bertz CT molecular complexity index is 1050. The molecule has 0 aliphatic carbocycles. The van der Waals surface area contributed by atoms with E-state index in [4.69, 9.17) is 17.0 Å². The number of anilines is 1. The number of carbonyl (C=O) groups excluding carboxylic acids is 1. The van der Waals surface area contributed by atoms with Crippen molar-refractivity contribution in [1.82, 2.24) is 25.5 Å². The molecule has 0 saturated carbocycles. The molecule has 0 fully saturated rings. The van der Waals surface area contributed by atoms with Gasteiger partial charge in [-0.15, -0.1) is 5.10 Å². The number of nitrogens with one attached hydrogen (secondary N) is 2. The first-order chi connectivity index (χ1) is 14.0. The van der Waals surface area contributed by atoms with Crippen LogP contribution in [0.3, 0.4) is 0 Å². The van der Waals surface area contributed by atoms with E-state index < -0.39 is 11.9 Å². The number of H-pyrrole nitrogens is 1. The molecule has 1 atom stereocenters. The molecule has 0 saturated heterocycles. The highest BCUT2D eigenvalue weighted by Crippen LogP contribution is 2.29. The lowest BCUT2D eigenvalue weighted by Gasteiger charge is -2.23. The van der Waals surface area contributed by atoms with E-state index in [2.05, 4.69) is 25.5 Å². The van der Waals surface area contributed by atoms with E-state index in [1.807, 2.05) is 50.4 Å². The molecule has 0 radical (unpaired) electrons. The number of aromatic amines is 1. The molecule has 2 N–H and O–H groups in total. The first-order valence-corrected chi connectivity index (χ1v) is 9.55. The van der Waals surface area contributed by atoms with Crippen LogP contribution in [0.25, 0.3) is 0 Å². The van der Waals surface area contributed by atoms with Gasteiger partial charge in [0.05, 0.1) is 0 Å². The minimum atomic E-state index is -0.506. The van der Waals surface area contributed by atoms with Crippen LogP contribution >= 0.6 is 12.2 Å². The number of aromatic nitrogens is 4. The summed E-state index contributed by atoms with van der Waals surface area (Å²) in [6, 6.07) is 11.3. The summed E-state index contributed by atoms with van der Waals surface area (Å²) in [7, 11) is 1.83. The first kappa shape index (κ1) is 19.0. The second kappa shape index (κ2) is 7.96. The maximum absolute atomic E-state index is 12.7. The van der Waals surface area contributed by atoms with Gasteiger partial charge in [-0.25, -0.2) is 9.97 Å². The second-order valence-corrected chi connectivity index (χ2v) is 7.26. The molecule has 1 aliphatic rings. The number of ether oxygens (including phenoxy) is 1. The van der Waals surface area contributed by atoms with Crippen molar-refractivity contribution in [2.45, 2.75) is 19.4 Å². The maximum atomic E-state index is 12.7. The molecular formula is C20H20N6O2S. The summed E-state index contributed by atoms with van der Waals surface area (Å²) >= 11 is 5.57. The van der Waals surface area contributed by atoms with Crippen molar-refractivity contribution in [3.63, 3.8) is 0 Å². The van der Waals surface area contributed by atoms with E-state index in [-0.39, 0.29) is 12.4 Å². The smallest absolute Gasteiger partial charge is 0.291 e. The number of benzene rings is 1.